The van der Waals surface area contributed by atoms with Crippen molar-refractivity contribution in [3.8, 4) is 0 Å². The fraction of sp³-hybridized carbons (Fsp3) is 0.440. The van der Waals surface area contributed by atoms with Gasteiger partial charge in [0.05, 0.1) is 0 Å². The molecule has 3 rings (SSSR count). The Kier molecular flexibility index (Phi) is 7.85. The smallest absolute Gasteiger partial charge is 0.405 e. The van der Waals surface area contributed by atoms with E-state index in [0.717, 1.165) is 31.2 Å². The van der Waals surface area contributed by atoms with E-state index in [1.807, 2.05) is 56.6 Å². The third-order valence-electron chi connectivity index (χ3n) is 6.59. The monoisotopic (exact) mass is 441 g/mol. The summed E-state index contributed by atoms with van der Waals surface area (Å²) >= 11 is 0. The van der Waals surface area contributed by atoms with Crippen LogP contribution in [0.15, 0.2) is 54.6 Å². The van der Waals surface area contributed by atoms with Crippen molar-refractivity contribution in [2.45, 2.75) is 56.1 Å². The number of hydrogen-bond acceptors (Lipinski definition) is 3. The molecular formula is C25H32FN3O3. The maximum Gasteiger partial charge on any atom is 0.405 e. The van der Waals surface area contributed by atoms with Gasteiger partial charge in [0, 0.05) is 18.0 Å². The van der Waals surface area contributed by atoms with E-state index in [1.54, 1.807) is 6.07 Å². The highest BCUT2D eigenvalue weighted by molar-refractivity contribution is 5.85. The molecule has 1 aliphatic carbocycles. The Morgan fingerprint density at radius 1 is 1.09 bits per heavy atom. The fourth-order valence-electron chi connectivity index (χ4n) is 4.59. The van der Waals surface area contributed by atoms with Gasteiger partial charge in [0.25, 0.3) is 0 Å². The predicted molar refractivity (Wildman–Crippen MR) is 122 cm³/mol. The molecule has 1 fully saturated rings. The third-order valence-corrected chi connectivity index (χ3v) is 6.59. The van der Waals surface area contributed by atoms with E-state index < -0.39 is 12.1 Å². The van der Waals surface area contributed by atoms with E-state index in [4.69, 9.17) is 0 Å². The summed E-state index contributed by atoms with van der Waals surface area (Å²) in [4.78, 5) is 26.3. The van der Waals surface area contributed by atoms with Crippen molar-refractivity contribution in [1.82, 2.24) is 15.5 Å². The Hall–Kier alpha value is -2.93. The van der Waals surface area contributed by atoms with Crippen LogP contribution in [0, 0.1) is 5.82 Å². The number of carboxylic acid groups (broad SMARTS) is 1. The van der Waals surface area contributed by atoms with Gasteiger partial charge in [-0.2, -0.15) is 0 Å². The second-order valence-electron chi connectivity index (χ2n) is 8.86. The summed E-state index contributed by atoms with van der Waals surface area (Å²) in [7, 11) is 4.04. The van der Waals surface area contributed by atoms with E-state index in [-0.39, 0.29) is 23.3 Å². The van der Waals surface area contributed by atoms with Crippen LogP contribution in [0.3, 0.4) is 0 Å². The summed E-state index contributed by atoms with van der Waals surface area (Å²) in [5, 5.41) is 14.6. The zero-order valence-electron chi connectivity index (χ0n) is 18.7. The first-order chi connectivity index (χ1) is 15.3. The molecule has 1 atom stereocenters. The molecule has 3 N–H and O–H groups in total. The molecule has 7 heteroatoms. The average molecular weight is 442 g/mol. The van der Waals surface area contributed by atoms with Gasteiger partial charge < -0.3 is 20.6 Å². The van der Waals surface area contributed by atoms with Gasteiger partial charge in [-0.3, -0.25) is 4.79 Å². The van der Waals surface area contributed by atoms with Crippen LogP contribution in [-0.4, -0.2) is 53.7 Å². The topological polar surface area (TPSA) is 81.7 Å². The number of rotatable bonds is 8. The van der Waals surface area contributed by atoms with Gasteiger partial charge in [-0.25, -0.2) is 9.18 Å². The Morgan fingerprint density at radius 3 is 2.31 bits per heavy atom. The van der Waals surface area contributed by atoms with Gasteiger partial charge in [0.1, 0.15) is 11.9 Å². The van der Waals surface area contributed by atoms with E-state index in [0.29, 0.717) is 18.4 Å². The van der Waals surface area contributed by atoms with Crippen molar-refractivity contribution in [2.75, 3.05) is 14.1 Å². The maximum atomic E-state index is 14.3. The van der Waals surface area contributed by atoms with Crippen LogP contribution in [0.5, 0.6) is 0 Å². The van der Waals surface area contributed by atoms with E-state index in [2.05, 4.69) is 15.5 Å². The summed E-state index contributed by atoms with van der Waals surface area (Å²) in [5.74, 6) is -0.500. The molecule has 0 saturated heterocycles. The maximum absolute atomic E-state index is 14.3. The molecule has 1 aliphatic rings. The minimum Gasteiger partial charge on any atom is -0.465 e. The number of carbonyl (C=O) groups excluding carboxylic acids is 1. The van der Waals surface area contributed by atoms with E-state index in [9.17, 15) is 19.1 Å². The number of hydrogen-bond donors (Lipinski definition) is 3. The summed E-state index contributed by atoms with van der Waals surface area (Å²) in [6.07, 6.45) is 2.82. The lowest BCUT2D eigenvalue weighted by molar-refractivity contribution is -0.124. The zero-order chi connectivity index (χ0) is 23.1. The molecule has 2 aromatic rings. The highest BCUT2D eigenvalue weighted by Gasteiger charge is 2.38. The van der Waals surface area contributed by atoms with Crippen LogP contribution in [0.2, 0.25) is 0 Å². The molecule has 6 nitrogen and oxygen atoms in total. The fourth-order valence-corrected chi connectivity index (χ4v) is 4.59. The lowest BCUT2D eigenvalue weighted by Gasteiger charge is -2.45. The number of carbonyl (C=O) groups is 2. The summed E-state index contributed by atoms with van der Waals surface area (Å²) in [6, 6.07) is 15.3. The first-order valence-corrected chi connectivity index (χ1v) is 11.0. The molecule has 1 saturated carbocycles. The number of amides is 2. The van der Waals surface area contributed by atoms with Crippen molar-refractivity contribution in [2.24, 2.45) is 0 Å². The highest BCUT2D eigenvalue weighted by Crippen LogP contribution is 2.36. The van der Waals surface area contributed by atoms with Gasteiger partial charge in [0.2, 0.25) is 5.91 Å². The van der Waals surface area contributed by atoms with Gasteiger partial charge in [-0.15, -0.1) is 0 Å². The second-order valence-corrected chi connectivity index (χ2v) is 8.86. The van der Waals surface area contributed by atoms with Gasteiger partial charge in [-0.05, 0) is 63.4 Å². The largest absolute Gasteiger partial charge is 0.465 e. The standard InChI is InChI=1S/C25H32FN3O3/c1-29(2)25(17-19-10-6-7-11-21(19)26)14-12-20(13-15-25)27-23(30)22(28-24(31)32)16-18-8-4-3-5-9-18/h3-11,20,22,28H,12-17H2,1-2H3,(H,27,30)(H,31,32). The van der Waals surface area contributed by atoms with Crippen molar-refractivity contribution < 1.29 is 19.1 Å². The van der Waals surface area contributed by atoms with Crippen LogP contribution in [0.25, 0.3) is 0 Å². The molecule has 0 aliphatic heterocycles. The quantitative estimate of drug-likeness (QED) is 0.585. The van der Waals surface area contributed by atoms with Crippen molar-refractivity contribution >= 4 is 12.0 Å². The molecule has 2 aromatic carbocycles. The Bertz CT molecular complexity index is 912. The molecule has 0 aromatic heterocycles. The van der Waals surface area contributed by atoms with Gasteiger partial charge in [-0.1, -0.05) is 48.5 Å². The minimum atomic E-state index is -1.22. The first-order valence-electron chi connectivity index (χ1n) is 11.0. The molecule has 1 unspecified atom stereocenters. The van der Waals surface area contributed by atoms with E-state index >= 15 is 0 Å². The molecular weight excluding hydrogens is 409 g/mol. The van der Waals surface area contributed by atoms with Crippen LogP contribution in [0.1, 0.15) is 36.8 Å². The number of nitrogens with one attached hydrogen (secondary N) is 2. The van der Waals surface area contributed by atoms with Crippen LogP contribution in [-0.2, 0) is 17.6 Å². The number of likely N-dealkylation sites (N-methyl/N-ethyl adjacent to an activating group) is 1. The van der Waals surface area contributed by atoms with Crippen molar-refractivity contribution in [3.63, 3.8) is 0 Å². The van der Waals surface area contributed by atoms with Gasteiger partial charge in [0.15, 0.2) is 0 Å². The Labute approximate surface area is 188 Å². The summed E-state index contributed by atoms with van der Waals surface area (Å²) in [5.41, 5.74) is 1.42. The Morgan fingerprint density at radius 2 is 1.72 bits per heavy atom. The molecule has 0 bridgehead atoms. The lowest BCUT2D eigenvalue weighted by Crippen LogP contribution is -2.55. The zero-order valence-corrected chi connectivity index (χ0v) is 18.7. The minimum absolute atomic E-state index is 0.0370. The normalized spacial score (nSPS) is 21.7. The number of halogens is 1. The molecule has 172 valence electrons. The molecule has 0 spiro atoms. The molecule has 2 amide bonds. The summed E-state index contributed by atoms with van der Waals surface area (Å²) < 4.78 is 14.3. The molecule has 0 heterocycles. The first kappa shape index (κ1) is 23.7. The second kappa shape index (κ2) is 10.6. The van der Waals surface area contributed by atoms with Crippen molar-refractivity contribution in [1.29, 1.82) is 0 Å². The summed E-state index contributed by atoms with van der Waals surface area (Å²) in [6.45, 7) is 0. The van der Waals surface area contributed by atoms with Crippen LogP contribution >= 0.6 is 0 Å². The highest BCUT2D eigenvalue weighted by atomic mass is 19.1. The van der Waals surface area contributed by atoms with Crippen LogP contribution in [0.4, 0.5) is 9.18 Å². The van der Waals surface area contributed by atoms with Crippen molar-refractivity contribution in [3.05, 3.63) is 71.5 Å². The van der Waals surface area contributed by atoms with Gasteiger partial charge >= 0.3 is 6.09 Å². The predicted octanol–water partition coefficient (Wildman–Crippen LogP) is 3.61. The van der Waals surface area contributed by atoms with E-state index in [1.165, 1.54) is 6.07 Å². The average Bonchev–Trinajstić information content (AvgIpc) is 2.76. The third kappa shape index (κ3) is 6.07. The molecule has 0 radical (unpaired) electrons. The van der Waals surface area contributed by atoms with Crippen LogP contribution < -0.4 is 10.6 Å². The number of nitrogens with zero attached hydrogens (tertiary/aromatic N) is 1. The lowest BCUT2D eigenvalue weighted by atomic mass is 9.74. The molecule has 32 heavy (non-hydrogen) atoms. The SMILES string of the molecule is CN(C)C1(Cc2ccccc2F)CCC(NC(=O)C(Cc2ccccc2)NC(=O)O)CC1. The number of benzene rings is 2. The Balaban J connectivity index is 1.63.